The number of carbonyl (C=O) groups excluding carboxylic acids is 1. The summed E-state index contributed by atoms with van der Waals surface area (Å²) in [5, 5.41) is 0. The zero-order valence-electron chi connectivity index (χ0n) is 15.5. The van der Waals surface area contributed by atoms with Crippen molar-refractivity contribution in [2.45, 2.75) is 38.8 Å². The predicted molar refractivity (Wildman–Crippen MR) is 108 cm³/mol. The molecule has 1 atom stereocenters. The SMILES string of the molecule is CC(C1CC1)N(Cc1ccccc1)C(=O)Cc1cc2c(cc1Br)OCCO2. The van der Waals surface area contributed by atoms with Gasteiger partial charge in [0.05, 0.1) is 6.42 Å². The third kappa shape index (κ3) is 4.29. The second-order valence-electron chi connectivity index (χ2n) is 7.35. The molecule has 2 aliphatic rings. The van der Waals surface area contributed by atoms with Crippen molar-refractivity contribution in [2.75, 3.05) is 13.2 Å². The van der Waals surface area contributed by atoms with Gasteiger partial charge in [-0.3, -0.25) is 4.79 Å². The van der Waals surface area contributed by atoms with Crippen molar-refractivity contribution in [1.29, 1.82) is 0 Å². The zero-order valence-corrected chi connectivity index (χ0v) is 17.1. The van der Waals surface area contributed by atoms with Gasteiger partial charge in [-0.1, -0.05) is 46.3 Å². The molecular weight excluding hydrogens is 406 g/mol. The third-order valence-electron chi connectivity index (χ3n) is 5.36. The van der Waals surface area contributed by atoms with E-state index in [1.165, 1.54) is 18.4 Å². The zero-order chi connectivity index (χ0) is 18.8. The molecule has 142 valence electrons. The van der Waals surface area contributed by atoms with Crippen molar-refractivity contribution in [3.8, 4) is 11.5 Å². The summed E-state index contributed by atoms with van der Waals surface area (Å²) in [4.78, 5) is 15.3. The molecule has 1 aliphatic heterocycles. The maximum absolute atomic E-state index is 13.2. The molecule has 4 nitrogen and oxygen atoms in total. The molecule has 0 radical (unpaired) electrons. The lowest BCUT2D eigenvalue weighted by molar-refractivity contribution is -0.133. The normalized spacial score (nSPS) is 16.7. The fourth-order valence-electron chi connectivity index (χ4n) is 3.58. The van der Waals surface area contributed by atoms with Crippen LogP contribution >= 0.6 is 15.9 Å². The monoisotopic (exact) mass is 429 g/mol. The number of fused-ring (bicyclic) bond motifs is 1. The van der Waals surface area contributed by atoms with Crippen molar-refractivity contribution < 1.29 is 14.3 Å². The van der Waals surface area contributed by atoms with E-state index in [0.29, 0.717) is 32.1 Å². The molecule has 0 saturated heterocycles. The highest BCUT2D eigenvalue weighted by molar-refractivity contribution is 9.10. The molecule has 1 saturated carbocycles. The van der Waals surface area contributed by atoms with Gasteiger partial charge in [-0.2, -0.15) is 0 Å². The molecule has 2 aromatic carbocycles. The van der Waals surface area contributed by atoms with Crippen LogP contribution in [0.1, 0.15) is 30.9 Å². The summed E-state index contributed by atoms with van der Waals surface area (Å²) in [6.07, 6.45) is 2.78. The highest BCUT2D eigenvalue weighted by Gasteiger charge is 2.34. The van der Waals surface area contributed by atoms with Crippen molar-refractivity contribution >= 4 is 21.8 Å². The van der Waals surface area contributed by atoms with E-state index in [4.69, 9.17) is 9.47 Å². The van der Waals surface area contributed by atoms with Crippen molar-refractivity contribution in [3.63, 3.8) is 0 Å². The molecule has 1 heterocycles. The summed E-state index contributed by atoms with van der Waals surface area (Å²) < 4.78 is 12.2. The molecule has 1 fully saturated rings. The topological polar surface area (TPSA) is 38.8 Å². The summed E-state index contributed by atoms with van der Waals surface area (Å²) in [6.45, 7) is 3.93. The van der Waals surface area contributed by atoms with Crippen LogP contribution < -0.4 is 9.47 Å². The first-order chi connectivity index (χ1) is 13.1. The average Bonchev–Trinajstić information content (AvgIpc) is 3.52. The van der Waals surface area contributed by atoms with E-state index in [0.717, 1.165) is 21.5 Å². The standard InChI is InChI=1S/C22H24BrNO3/c1-15(17-7-8-17)24(14-16-5-3-2-4-6-16)22(25)12-18-11-20-21(13-19(18)23)27-10-9-26-20/h2-6,11,13,15,17H,7-10,12,14H2,1H3. The lowest BCUT2D eigenvalue weighted by Crippen LogP contribution is -2.40. The molecule has 2 aromatic rings. The van der Waals surface area contributed by atoms with Crippen LogP contribution in [0, 0.1) is 5.92 Å². The van der Waals surface area contributed by atoms with Crippen LogP contribution in [0.2, 0.25) is 0 Å². The largest absolute Gasteiger partial charge is 0.486 e. The second-order valence-corrected chi connectivity index (χ2v) is 8.20. The van der Waals surface area contributed by atoms with Crippen molar-refractivity contribution in [1.82, 2.24) is 4.90 Å². The molecule has 0 aromatic heterocycles. The Labute approximate surface area is 168 Å². The molecule has 1 aliphatic carbocycles. The molecule has 1 unspecified atom stereocenters. The first-order valence-corrected chi connectivity index (χ1v) is 10.3. The maximum Gasteiger partial charge on any atom is 0.227 e. The molecule has 5 heteroatoms. The second kappa shape index (κ2) is 7.93. The molecular formula is C22H24BrNO3. The van der Waals surface area contributed by atoms with E-state index in [1.54, 1.807) is 0 Å². The quantitative estimate of drug-likeness (QED) is 0.673. The van der Waals surface area contributed by atoms with Crippen molar-refractivity contribution in [2.24, 2.45) is 5.92 Å². The molecule has 1 amide bonds. The summed E-state index contributed by atoms with van der Waals surface area (Å²) in [6, 6.07) is 14.3. The van der Waals surface area contributed by atoms with Gasteiger partial charge in [0.1, 0.15) is 13.2 Å². The van der Waals surface area contributed by atoms with Gasteiger partial charge in [0, 0.05) is 17.1 Å². The highest BCUT2D eigenvalue weighted by Crippen LogP contribution is 2.38. The van der Waals surface area contributed by atoms with Crippen LogP contribution in [0.4, 0.5) is 0 Å². The van der Waals surface area contributed by atoms with E-state index < -0.39 is 0 Å². The van der Waals surface area contributed by atoms with Crippen LogP contribution in [0.25, 0.3) is 0 Å². The minimum atomic E-state index is 0.149. The Morgan fingerprint density at radius 1 is 1.15 bits per heavy atom. The van der Waals surface area contributed by atoms with E-state index in [2.05, 4.69) is 35.0 Å². The smallest absolute Gasteiger partial charge is 0.227 e. The van der Waals surface area contributed by atoms with E-state index in [1.807, 2.05) is 35.2 Å². The van der Waals surface area contributed by atoms with E-state index in [9.17, 15) is 4.79 Å². The van der Waals surface area contributed by atoms with Gasteiger partial charge in [-0.15, -0.1) is 0 Å². The van der Waals surface area contributed by atoms with Gasteiger partial charge in [-0.25, -0.2) is 0 Å². The molecule has 27 heavy (non-hydrogen) atoms. The van der Waals surface area contributed by atoms with Gasteiger partial charge >= 0.3 is 0 Å². The van der Waals surface area contributed by atoms with Gasteiger partial charge in [-0.05, 0) is 48.9 Å². The molecule has 0 N–H and O–H groups in total. The van der Waals surface area contributed by atoms with E-state index in [-0.39, 0.29) is 11.9 Å². The van der Waals surface area contributed by atoms with Gasteiger partial charge in [0.15, 0.2) is 11.5 Å². The third-order valence-corrected chi connectivity index (χ3v) is 6.10. The average molecular weight is 430 g/mol. The Morgan fingerprint density at radius 2 is 1.81 bits per heavy atom. The Kier molecular flexibility index (Phi) is 5.39. The first-order valence-electron chi connectivity index (χ1n) is 9.53. The lowest BCUT2D eigenvalue weighted by atomic mass is 10.1. The Balaban J connectivity index is 1.54. The number of halogens is 1. The van der Waals surface area contributed by atoms with Crippen LogP contribution in [-0.4, -0.2) is 30.1 Å². The lowest BCUT2D eigenvalue weighted by Gasteiger charge is -2.30. The van der Waals surface area contributed by atoms with Crippen LogP contribution in [0.5, 0.6) is 11.5 Å². The molecule has 4 rings (SSSR count). The molecule has 0 bridgehead atoms. The maximum atomic E-state index is 13.2. The van der Waals surface area contributed by atoms with E-state index >= 15 is 0 Å². The number of ether oxygens (including phenoxy) is 2. The minimum Gasteiger partial charge on any atom is -0.486 e. The number of amides is 1. The fourth-order valence-corrected chi connectivity index (χ4v) is 4.04. The number of carbonyl (C=O) groups is 1. The number of hydrogen-bond acceptors (Lipinski definition) is 3. The minimum absolute atomic E-state index is 0.149. The number of hydrogen-bond donors (Lipinski definition) is 0. The predicted octanol–water partition coefficient (Wildman–Crippen LogP) is 4.59. The van der Waals surface area contributed by atoms with Gasteiger partial charge in [0.25, 0.3) is 0 Å². The van der Waals surface area contributed by atoms with Crippen molar-refractivity contribution in [3.05, 3.63) is 58.1 Å². The number of nitrogens with zero attached hydrogens (tertiary/aromatic N) is 1. The highest BCUT2D eigenvalue weighted by atomic mass is 79.9. The summed E-state index contributed by atoms with van der Waals surface area (Å²) in [5.41, 5.74) is 2.10. The van der Waals surface area contributed by atoms with Crippen LogP contribution in [0.15, 0.2) is 46.9 Å². The number of benzene rings is 2. The Bertz CT molecular complexity index is 820. The van der Waals surface area contributed by atoms with Crippen LogP contribution in [0.3, 0.4) is 0 Å². The number of rotatable bonds is 6. The Hall–Kier alpha value is -2.01. The fraction of sp³-hybridized carbons (Fsp3) is 0.409. The molecule has 0 spiro atoms. The van der Waals surface area contributed by atoms with Crippen LogP contribution in [-0.2, 0) is 17.8 Å². The summed E-state index contributed by atoms with van der Waals surface area (Å²) in [5.74, 6) is 2.23. The summed E-state index contributed by atoms with van der Waals surface area (Å²) >= 11 is 3.59. The van der Waals surface area contributed by atoms with Gasteiger partial charge < -0.3 is 14.4 Å². The summed E-state index contributed by atoms with van der Waals surface area (Å²) in [7, 11) is 0. The van der Waals surface area contributed by atoms with Gasteiger partial charge in [0.2, 0.25) is 5.91 Å². The first kappa shape index (κ1) is 18.4. The Morgan fingerprint density at radius 3 is 2.48 bits per heavy atom.